The van der Waals surface area contributed by atoms with Gasteiger partial charge in [0.2, 0.25) is 0 Å². The summed E-state index contributed by atoms with van der Waals surface area (Å²) >= 11 is 0. The Morgan fingerprint density at radius 2 is 2.00 bits per heavy atom. The molecule has 0 fully saturated rings. The highest BCUT2D eigenvalue weighted by molar-refractivity contribution is 5.53. The Bertz CT molecular complexity index is 542. The lowest BCUT2D eigenvalue weighted by atomic mass is 10.0. The first-order valence-electron chi connectivity index (χ1n) is 6.81. The van der Waals surface area contributed by atoms with Crippen LogP contribution in [0.3, 0.4) is 0 Å². The van der Waals surface area contributed by atoms with E-state index in [2.05, 4.69) is 18.9 Å². The van der Waals surface area contributed by atoms with Crippen LogP contribution in [0.25, 0.3) is 5.65 Å². The first kappa shape index (κ1) is 12.9. The molecule has 0 aliphatic rings. The van der Waals surface area contributed by atoms with E-state index in [1.165, 1.54) is 12.0 Å². The molecular weight excluding hydrogens is 224 g/mol. The van der Waals surface area contributed by atoms with Crippen molar-refractivity contribution in [3.63, 3.8) is 0 Å². The predicted octanol–water partition coefficient (Wildman–Crippen LogP) is 2.92. The Morgan fingerprint density at radius 1 is 1.22 bits per heavy atom. The molecule has 0 amide bonds. The summed E-state index contributed by atoms with van der Waals surface area (Å²) in [6, 6.07) is 1.99. The van der Waals surface area contributed by atoms with E-state index in [1.54, 1.807) is 4.52 Å². The monoisotopic (exact) mass is 246 g/mol. The molecule has 0 saturated heterocycles. The summed E-state index contributed by atoms with van der Waals surface area (Å²) in [5, 5.41) is 4.41. The number of aromatic nitrogens is 3. The van der Waals surface area contributed by atoms with Gasteiger partial charge in [-0.3, -0.25) is 0 Å². The number of hydrogen-bond acceptors (Lipinski definition) is 3. The Morgan fingerprint density at radius 3 is 2.67 bits per heavy atom. The standard InChI is InChI=1S/C14H22N4/c1-4-6-8-11-12(7-5-2)16-13-9-10(3)17-18(13)14(11)15/h9H,4-8,15H2,1-3H3. The number of nitrogen functional groups attached to an aromatic ring is 1. The van der Waals surface area contributed by atoms with E-state index in [-0.39, 0.29) is 0 Å². The molecule has 4 nitrogen and oxygen atoms in total. The largest absolute Gasteiger partial charge is 0.383 e. The molecule has 98 valence electrons. The third-order valence-electron chi connectivity index (χ3n) is 3.22. The van der Waals surface area contributed by atoms with Gasteiger partial charge in [-0.25, -0.2) is 4.98 Å². The van der Waals surface area contributed by atoms with Crippen molar-refractivity contribution in [2.24, 2.45) is 0 Å². The normalized spacial score (nSPS) is 11.3. The third kappa shape index (κ3) is 2.33. The van der Waals surface area contributed by atoms with Crippen molar-refractivity contribution in [1.82, 2.24) is 14.6 Å². The minimum absolute atomic E-state index is 0.769. The molecule has 0 radical (unpaired) electrons. The number of nitrogens with two attached hydrogens (primary N) is 1. The molecule has 0 aliphatic heterocycles. The highest BCUT2D eigenvalue weighted by Gasteiger charge is 2.13. The van der Waals surface area contributed by atoms with Crippen molar-refractivity contribution in [1.29, 1.82) is 0 Å². The molecule has 18 heavy (non-hydrogen) atoms. The summed E-state index contributed by atoms with van der Waals surface area (Å²) in [6.07, 6.45) is 5.40. The van der Waals surface area contributed by atoms with Gasteiger partial charge < -0.3 is 5.73 Å². The van der Waals surface area contributed by atoms with Crippen LogP contribution in [0.2, 0.25) is 0 Å². The van der Waals surface area contributed by atoms with Gasteiger partial charge in [0.1, 0.15) is 5.82 Å². The van der Waals surface area contributed by atoms with E-state index in [9.17, 15) is 0 Å². The van der Waals surface area contributed by atoms with Gasteiger partial charge in [-0.05, 0) is 26.2 Å². The van der Waals surface area contributed by atoms with Crippen molar-refractivity contribution in [2.45, 2.75) is 52.9 Å². The first-order chi connectivity index (χ1) is 8.67. The highest BCUT2D eigenvalue weighted by Crippen LogP contribution is 2.21. The van der Waals surface area contributed by atoms with Gasteiger partial charge in [-0.1, -0.05) is 26.7 Å². The zero-order valence-electron chi connectivity index (χ0n) is 11.5. The van der Waals surface area contributed by atoms with E-state index in [1.807, 2.05) is 13.0 Å². The van der Waals surface area contributed by atoms with Gasteiger partial charge >= 0.3 is 0 Å². The van der Waals surface area contributed by atoms with Crippen LogP contribution in [0, 0.1) is 6.92 Å². The van der Waals surface area contributed by atoms with E-state index in [0.29, 0.717) is 0 Å². The average Bonchev–Trinajstić information content (AvgIpc) is 2.70. The zero-order valence-corrected chi connectivity index (χ0v) is 11.5. The maximum absolute atomic E-state index is 6.26. The molecule has 2 aromatic rings. The molecule has 0 bridgehead atoms. The molecule has 0 saturated carbocycles. The Hall–Kier alpha value is -1.58. The molecule has 0 atom stereocenters. The fourth-order valence-corrected chi connectivity index (χ4v) is 2.29. The van der Waals surface area contributed by atoms with Crippen LogP contribution in [0.5, 0.6) is 0 Å². The lowest BCUT2D eigenvalue weighted by Gasteiger charge is -2.12. The second-order valence-electron chi connectivity index (χ2n) is 4.83. The zero-order chi connectivity index (χ0) is 13.1. The number of unbranched alkanes of at least 4 members (excludes halogenated alkanes) is 1. The molecule has 0 unspecified atom stereocenters. The van der Waals surface area contributed by atoms with Gasteiger partial charge in [0.25, 0.3) is 0 Å². The van der Waals surface area contributed by atoms with E-state index >= 15 is 0 Å². The minimum Gasteiger partial charge on any atom is -0.383 e. The van der Waals surface area contributed by atoms with Gasteiger partial charge in [0.05, 0.1) is 5.69 Å². The molecule has 2 N–H and O–H groups in total. The smallest absolute Gasteiger partial charge is 0.157 e. The summed E-state index contributed by atoms with van der Waals surface area (Å²) in [5.41, 5.74) is 10.4. The Kier molecular flexibility index (Phi) is 3.84. The topological polar surface area (TPSA) is 56.2 Å². The van der Waals surface area contributed by atoms with Crippen LogP contribution in [0.15, 0.2) is 6.07 Å². The predicted molar refractivity (Wildman–Crippen MR) is 74.7 cm³/mol. The molecule has 0 spiro atoms. The molecular formula is C14H22N4. The van der Waals surface area contributed by atoms with Crippen molar-refractivity contribution < 1.29 is 0 Å². The third-order valence-corrected chi connectivity index (χ3v) is 3.22. The molecule has 0 aromatic carbocycles. The summed E-state index contributed by atoms with van der Waals surface area (Å²) in [5.74, 6) is 0.769. The number of nitrogens with zero attached hydrogens (tertiary/aromatic N) is 3. The van der Waals surface area contributed by atoms with Gasteiger partial charge in [0.15, 0.2) is 5.65 Å². The van der Waals surface area contributed by atoms with Gasteiger partial charge in [0, 0.05) is 17.3 Å². The summed E-state index contributed by atoms with van der Waals surface area (Å²) < 4.78 is 1.78. The van der Waals surface area contributed by atoms with Crippen molar-refractivity contribution in [2.75, 3.05) is 5.73 Å². The van der Waals surface area contributed by atoms with Crippen LogP contribution in [0.1, 0.15) is 50.1 Å². The maximum Gasteiger partial charge on any atom is 0.157 e. The number of fused-ring (bicyclic) bond motifs is 1. The molecule has 2 rings (SSSR count). The second kappa shape index (κ2) is 5.38. The van der Waals surface area contributed by atoms with Crippen LogP contribution < -0.4 is 5.73 Å². The maximum atomic E-state index is 6.26. The van der Waals surface area contributed by atoms with Crippen molar-refractivity contribution >= 4 is 11.5 Å². The lowest BCUT2D eigenvalue weighted by Crippen LogP contribution is -2.10. The molecule has 4 heteroatoms. The highest BCUT2D eigenvalue weighted by atomic mass is 15.3. The average molecular weight is 246 g/mol. The summed E-state index contributed by atoms with van der Waals surface area (Å²) in [4.78, 5) is 4.72. The fraction of sp³-hybridized carbons (Fsp3) is 0.571. The minimum atomic E-state index is 0.769. The number of rotatable bonds is 5. The Balaban J connectivity index is 2.54. The van der Waals surface area contributed by atoms with E-state index < -0.39 is 0 Å². The van der Waals surface area contributed by atoms with Crippen LogP contribution in [-0.2, 0) is 12.8 Å². The Labute approximate surface area is 108 Å². The number of hydrogen-bond donors (Lipinski definition) is 1. The van der Waals surface area contributed by atoms with Crippen LogP contribution in [0.4, 0.5) is 5.82 Å². The van der Waals surface area contributed by atoms with Crippen LogP contribution in [-0.4, -0.2) is 14.6 Å². The van der Waals surface area contributed by atoms with E-state index in [0.717, 1.165) is 48.5 Å². The van der Waals surface area contributed by atoms with Gasteiger partial charge in [-0.2, -0.15) is 9.61 Å². The fourth-order valence-electron chi connectivity index (χ4n) is 2.29. The molecule has 0 aliphatic carbocycles. The summed E-state index contributed by atoms with van der Waals surface area (Å²) in [7, 11) is 0. The van der Waals surface area contributed by atoms with Crippen molar-refractivity contribution in [3.8, 4) is 0 Å². The van der Waals surface area contributed by atoms with Gasteiger partial charge in [-0.15, -0.1) is 0 Å². The first-order valence-corrected chi connectivity index (χ1v) is 6.81. The molecule has 2 aromatic heterocycles. The quantitative estimate of drug-likeness (QED) is 0.882. The SMILES string of the molecule is CCCCc1c(CCC)nc2cc(C)nn2c1N. The summed E-state index contributed by atoms with van der Waals surface area (Å²) in [6.45, 7) is 6.34. The number of anilines is 1. The van der Waals surface area contributed by atoms with Crippen LogP contribution >= 0.6 is 0 Å². The second-order valence-corrected chi connectivity index (χ2v) is 4.83. The van der Waals surface area contributed by atoms with Crippen molar-refractivity contribution in [3.05, 3.63) is 23.0 Å². The van der Waals surface area contributed by atoms with E-state index in [4.69, 9.17) is 10.7 Å². The molecule has 2 heterocycles. The number of aryl methyl sites for hydroxylation is 2. The lowest BCUT2D eigenvalue weighted by molar-refractivity contribution is 0.758.